The molecule has 0 aliphatic carbocycles. The lowest BCUT2D eigenvalue weighted by Gasteiger charge is -2.37. The van der Waals surface area contributed by atoms with E-state index in [9.17, 15) is 9.90 Å². The number of piperidine rings is 1. The number of methoxy groups -OCH3 is 1. The molecule has 6 nitrogen and oxygen atoms in total. The van der Waals surface area contributed by atoms with Crippen LogP contribution in [0.2, 0.25) is 0 Å². The number of likely N-dealkylation sites (tertiary alicyclic amines) is 1. The topological polar surface area (TPSA) is 75.5 Å². The van der Waals surface area contributed by atoms with Crippen molar-refractivity contribution >= 4 is 28.2 Å². The Morgan fingerprint density at radius 3 is 2.97 bits per heavy atom. The molecule has 3 atom stereocenters. The van der Waals surface area contributed by atoms with Crippen molar-refractivity contribution in [3.63, 3.8) is 0 Å². The lowest BCUT2D eigenvalue weighted by atomic mass is 9.79. The molecule has 1 unspecified atom stereocenters. The van der Waals surface area contributed by atoms with Crippen molar-refractivity contribution in [2.24, 2.45) is 11.8 Å². The Hall–Kier alpha value is -3.02. The van der Waals surface area contributed by atoms with Gasteiger partial charge in [0, 0.05) is 36.1 Å². The van der Waals surface area contributed by atoms with Gasteiger partial charge < -0.3 is 9.84 Å². The molecule has 1 aliphatic rings. The molecule has 0 saturated carbocycles. The SMILES string of the molecule is COc1ccc2nccc(C(F)CC[C@@H]3CCN(CC#Cc4nccs4)C[C@@H]3CC(=O)O)c2c1. The van der Waals surface area contributed by atoms with Crippen LogP contribution in [0, 0.1) is 23.7 Å². The zero-order valence-electron chi connectivity index (χ0n) is 19.1. The number of thiazole rings is 1. The molecule has 1 N–H and O–H groups in total. The summed E-state index contributed by atoms with van der Waals surface area (Å²) in [6.45, 7) is 2.08. The molecule has 2 aromatic heterocycles. The van der Waals surface area contributed by atoms with Gasteiger partial charge in [-0.2, -0.15) is 0 Å². The molecule has 0 amide bonds. The number of carboxylic acid groups (broad SMARTS) is 1. The molecule has 0 spiro atoms. The van der Waals surface area contributed by atoms with E-state index in [1.54, 1.807) is 25.6 Å². The van der Waals surface area contributed by atoms with Crippen LogP contribution in [0.15, 0.2) is 42.0 Å². The number of hydrogen-bond acceptors (Lipinski definition) is 6. The second-order valence-corrected chi connectivity index (χ2v) is 9.50. The Labute approximate surface area is 202 Å². The number of alkyl halides is 1. The summed E-state index contributed by atoms with van der Waals surface area (Å²) in [5.74, 6) is 6.20. The molecular formula is C26H28FN3O3S. The first-order chi connectivity index (χ1) is 16.5. The van der Waals surface area contributed by atoms with E-state index in [2.05, 4.69) is 26.7 Å². The van der Waals surface area contributed by atoms with E-state index in [1.165, 1.54) is 11.3 Å². The Bertz CT molecular complexity index is 1170. The first-order valence-corrected chi connectivity index (χ1v) is 12.3. The normalized spacial score (nSPS) is 19.4. The molecule has 3 heterocycles. The van der Waals surface area contributed by atoms with Gasteiger partial charge in [0.25, 0.3) is 0 Å². The molecule has 4 rings (SSSR count). The fourth-order valence-electron chi connectivity index (χ4n) is 4.71. The summed E-state index contributed by atoms with van der Waals surface area (Å²) in [4.78, 5) is 22.2. The van der Waals surface area contributed by atoms with Crippen LogP contribution in [0.1, 0.15) is 42.4 Å². The smallest absolute Gasteiger partial charge is 0.303 e. The zero-order chi connectivity index (χ0) is 23.9. The number of nitrogens with zero attached hydrogens (tertiary/aromatic N) is 3. The molecule has 0 bridgehead atoms. The maximum atomic E-state index is 15.4. The van der Waals surface area contributed by atoms with Gasteiger partial charge in [-0.15, -0.1) is 11.3 Å². The molecule has 34 heavy (non-hydrogen) atoms. The van der Waals surface area contributed by atoms with Gasteiger partial charge in [-0.3, -0.25) is 14.7 Å². The predicted molar refractivity (Wildman–Crippen MR) is 131 cm³/mol. The average molecular weight is 482 g/mol. The minimum Gasteiger partial charge on any atom is -0.497 e. The van der Waals surface area contributed by atoms with E-state index in [-0.39, 0.29) is 18.3 Å². The summed E-state index contributed by atoms with van der Waals surface area (Å²) < 4.78 is 20.7. The number of rotatable bonds is 8. The second-order valence-electron chi connectivity index (χ2n) is 8.61. The minimum absolute atomic E-state index is 0.0191. The average Bonchev–Trinajstić information content (AvgIpc) is 3.36. The molecule has 3 aromatic rings. The van der Waals surface area contributed by atoms with Crippen LogP contribution in [0.4, 0.5) is 4.39 Å². The quantitative estimate of drug-likeness (QED) is 0.459. The minimum atomic E-state index is -1.15. The second kappa shape index (κ2) is 11.4. The lowest BCUT2D eigenvalue weighted by molar-refractivity contribution is -0.139. The highest BCUT2D eigenvalue weighted by atomic mass is 32.1. The van der Waals surface area contributed by atoms with Crippen LogP contribution in [0.3, 0.4) is 0 Å². The Morgan fingerprint density at radius 2 is 2.21 bits per heavy atom. The lowest BCUT2D eigenvalue weighted by Crippen LogP contribution is -2.41. The highest BCUT2D eigenvalue weighted by Gasteiger charge is 2.31. The van der Waals surface area contributed by atoms with Gasteiger partial charge in [-0.1, -0.05) is 5.92 Å². The van der Waals surface area contributed by atoms with Crippen molar-refractivity contribution in [3.05, 3.63) is 52.6 Å². The number of carbonyl (C=O) groups is 1. The van der Waals surface area contributed by atoms with E-state index < -0.39 is 12.1 Å². The zero-order valence-corrected chi connectivity index (χ0v) is 19.9. The maximum Gasteiger partial charge on any atom is 0.303 e. The van der Waals surface area contributed by atoms with Crippen molar-refractivity contribution < 1.29 is 19.0 Å². The third-order valence-electron chi connectivity index (χ3n) is 6.45. The Morgan fingerprint density at radius 1 is 1.32 bits per heavy atom. The van der Waals surface area contributed by atoms with Crippen LogP contribution in [0.5, 0.6) is 5.75 Å². The van der Waals surface area contributed by atoms with E-state index >= 15 is 4.39 Å². The van der Waals surface area contributed by atoms with Crippen LogP contribution in [-0.4, -0.2) is 52.7 Å². The molecular weight excluding hydrogens is 453 g/mol. The number of ether oxygens (including phenoxy) is 1. The number of hydrogen-bond donors (Lipinski definition) is 1. The standard InChI is InChI=1S/C26H28FN3O3S/c1-33-20-5-7-24-22(16-20)21(8-10-28-24)23(27)6-4-18-9-13-30(17-19(18)15-26(31)32)12-2-3-25-29-11-14-34-25/h5,7-8,10-11,14,16,18-19,23H,4,6,9,12-13,15,17H2,1H3,(H,31,32)/t18-,19+,23?/m1/s1. The summed E-state index contributed by atoms with van der Waals surface area (Å²) in [6, 6.07) is 7.20. The first kappa shape index (κ1) is 24.1. The summed E-state index contributed by atoms with van der Waals surface area (Å²) >= 11 is 1.50. The Balaban J connectivity index is 1.39. The fourth-order valence-corrected chi connectivity index (χ4v) is 5.21. The number of aliphatic carboxylic acids is 1. The number of benzene rings is 1. The Kier molecular flexibility index (Phi) is 8.09. The van der Waals surface area contributed by atoms with Crippen LogP contribution < -0.4 is 4.74 Å². The van der Waals surface area contributed by atoms with E-state index in [0.717, 1.165) is 28.9 Å². The van der Waals surface area contributed by atoms with Crippen molar-refractivity contribution in [2.45, 2.75) is 31.9 Å². The van der Waals surface area contributed by atoms with Crippen LogP contribution in [-0.2, 0) is 4.79 Å². The third-order valence-corrected chi connectivity index (χ3v) is 7.14. The van der Waals surface area contributed by atoms with Gasteiger partial charge in [0.05, 0.1) is 19.2 Å². The fraction of sp³-hybridized carbons (Fsp3) is 0.423. The van der Waals surface area contributed by atoms with Gasteiger partial charge in [0.15, 0.2) is 5.01 Å². The molecule has 1 aromatic carbocycles. The van der Waals surface area contributed by atoms with E-state index in [0.29, 0.717) is 37.2 Å². The summed E-state index contributed by atoms with van der Waals surface area (Å²) in [6.07, 6.45) is 4.14. The number of aromatic nitrogens is 2. The van der Waals surface area contributed by atoms with Crippen LogP contribution >= 0.6 is 11.3 Å². The van der Waals surface area contributed by atoms with Crippen molar-refractivity contribution in [3.8, 4) is 17.6 Å². The summed E-state index contributed by atoms with van der Waals surface area (Å²) in [5, 5.41) is 12.9. The first-order valence-electron chi connectivity index (χ1n) is 11.4. The molecule has 1 fully saturated rings. The predicted octanol–water partition coefficient (Wildman–Crippen LogP) is 4.96. The highest BCUT2D eigenvalue weighted by molar-refractivity contribution is 7.10. The number of pyridine rings is 1. The highest BCUT2D eigenvalue weighted by Crippen LogP contribution is 2.36. The van der Waals surface area contributed by atoms with Crippen molar-refractivity contribution in [2.75, 3.05) is 26.7 Å². The van der Waals surface area contributed by atoms with Crippen LogP contribution in [0.25, 0.3) is 10.9 Å². The maximum absolute atomic E-state index is 15.4. The molecule has 178 valence electrons. The third kappa shape index (κ3) is 6.10. The van der Waals surface area contributed by atoms with E-state index in [4.69, 9.17) is 4.74 Å². The van der Waals surface area contributed by atoms with Crippen molar-refractivity contribution in [1.82, 2.24) is 14.9 Å². The summed E-state index contributed by atoms with van der Waals surface area (Å²) in [7, 11) is 1.59. The summed E-state index contributed by atoms with van der Waals surface area (Å²) in [5.41, 5.74) is 1.34. The van der Waals surface area contributed by atoms with Gasteiger partial charge in [-0.25, -0.2) is 9.37 Å². The largest absolute Gasteiger partial charge is 0.497 e. The molecule has 1 aliphatic heterocycles. The number of halogens is 1. The monoisotopic (exact) mass is 481 g/mol. The van der Waals surface area contributed by atoms with E-state index in [1.807, 2.05) is 23.6 Å². The van der Waals surface area contributed by atoms with Gasteiger partial charge in [-0.05, 0) is 73.4 Å². The van der Waals surface area contributed by atoms with Gasteiger partial charge >= 0.3 is 5.97 Å². The molecule has 1 saturated heterocycles. The van der Waals surface area contributed by atoms with Gasteiger partial charge in [0.1, 0.15) is 11.9 Å². The van der Waals surface area contributed by atoms with Crippen molar-refractivity contribution in [1.29, 1.82) is 0 Å². The molecule has 8 heteroatoms. The number of fused-ring (bicyclic) bond motifs is 1. The molecule has 0 radical (unpaired) electrons. The number of carboxylic acids is 1. The van der Waals surface area contributed by atoms with Gasteiger partial charge in [0.2, 0.25) is 0 Å².